The number of nitrogen functional groups attached to an aromatic ring is 1. The molecule has 0 unspecified atom stereocenters. The molecule has 1 heterocycles. The van der Waals surface area contributed by atoms with Crippen LogP contribution in [0.2, 0.25) is 0 Å². The number of fused-ring (bicyclic) bond motifs is 1. The topological polar surface area (TPSA) is 61.3 Å². The van der Waals surface area contributed by atoms with Crippen molar-refractivity contribution in [1.29, 1.82) is 0 Å². The minimum Gasteiger partial charge on any atom is -0.496 e. The van der Waals surface area contributed by atoms with Crippen LogP contribution in [0.25, 0.3) is 11.0 Å². The normalized spacial score (nSPS) is 10.4. The fraction of sp³-hybridized carbons (Fsp3) is 0.125. The molecule has 4 heteroatoms. The van der Waals surface area contributed by atoms with Crippen molar-refractivity contribution in [2.24, 2.45) is 0 Å². The van der Waals surface area contributed by atoms with Crippen LogP contribution in [0, 0.1) is 0 Å². The summed E-state index contributed by atoms with van der Waals surface area (Å²) in [5, 5.41) is 4.36. The quantitative estimate of drug-likeness (QED) is 0.692. The number of ether oxygens (including phenoxy) is 1. The summed E-state index contributed by atoms with van der Waals surface area (Å²) in [6.45, 7) is 0. The summed E-state index contributed by atoms with van der Waals surface area (Å²) in [6, 6.07) is 5.43. The van der Waals surface area contributed by atoms with Crippen molar-refractivity contribution >= 4 is 16.8 Å². The second-order valence-corrected chi connectivity index (χ2v) is 2.40. The SMILES string of the molecule is COc1cccc2onc(N)c12. The van der Waals surface area contributed by atoms with Crippen molar-refractivity contribution < 1.29 is 9.26 Å². The number of rotatable bonds is 1. The van der Waals surface area contributed by atoms with E-state index in [-0.39, 0.29) is 0 Å². The largest absolute Gasteiger partial charge is 0.496 e. The van der Waals surface area contributed by atoms with Crippen LogP contribution in [0.4, 0.5) is 5.82 Å². The van der Waals surface area contributed by atoms with Crippen LogP contribution in [0.1, 0.15) is 0 Å². The van der Waals surface area contributed by atoms with E-state index in [4.69, 9.17) is 15.0 Å². The number of anilines is 1. The zero-order valence-corrected chi connectivity index (χ0v) is 6.57. The van der Waals surface area contributed by atoms with Crippen LogP contribution in [-0.4, -0.2) is 12.3 Å². The lowest BCUT2D eigenvalue weighted by Crippen LogP contribution is -1.87. The van der Waals surface area contributed by atoms with Crippen LogP contribution >= 0.6 is 0 Å². The predicted octanol–water partition coefficient (Wildman–Crippen LogP) is 1.42. The lowest BCUT2D eigenvalue weighted by atomic mass is 10.2. The van der Waals surface area contributed by atoms with Crippen LogP contribution < -0.4 is 10.5 Å². The third-order valence-corrected chi connectivity index (χ3v) is 1.71. The van der Waals surface area contributed by atoms with Crippen molar-refractivity contribution in [3.05, 3.63) is 18.2 Å². The maximum Gasteiger partial charge on any atom is 0.178 e. The summed E-state index contributed by atoms with van der Waals surface area (Å²) >= 11 is 0. The summed E-state index contributed by atoms with van der Waals surface area (Å²) in [6.07, 6.45) is 0. The van der Waals surface area contributed by atoms with Gasteiger partial charge in [0.25, 0.3) is 0 Å². The van der Waals surface area contributed by atoms with E-state index in [1.165, 1.54) is 0 Å². The zero-order valence-electron chi connectivity index (χ0n) is 6.57. The molecule has 0 atom stereocenters. The van der Waals surface area contributed by atoms with Gasteiger partial charge in [-0.25, -0.2) is 0 Å². The van der Waals surface area contributed by atoms with E-state index in [0.29, 0.717) is 17.2 Å². The number of methoxy groups -OCH3 is 1. The highest BCUT2D eigenvalue weighted by Gasteiger charge is 2.09. The monoisotopic (exact) mass is 164 g/mol. The van der Waals surface area contributed by atoms with Gasteiger partial charge in [-0.2, -0.15) is 0 Å². The molecule has 0 spiro atoms. The van der Waals surface area contributed by atoms with Crippen molar-refractivity contribution in [2.45, 2.75) is 0 Å². The molecule has 62 valence electrons. The number of nitrogens with zero attached hydrogens (tertiary/aromatic N) is 1. The Morgan fingerprint density at radius 2 is 2.33 bits per heavy atom. The molecule has 1 aromatic heterocycles. The van der Waals surface area contributed by atoms with E-state index in [9.17, 15) is 0 Å². The molecule has 1 aromatic carbocycles. The van der Waals surface area contributed by atoms with Gasteiger partial charge in [-0.15, -0.1) is 0 Å². The molecule has 4 nitrogen and oxygen atoms in total. The van der Waals surface area contributed by atoms with E-state index in [1.54, 1.807) is 13.2 Å². The third-order valence-electron chi connectivity index (χ3n) is 1.71. The van der Waals surface area contributed by atoms with Crippen molar-refractivity contribution in [2.75, 3.05) is 12.8 Å². The molecule has 2 N–H and O–H groups in total. The van der Waals surface area contributed by atoms with E-state index in [0.717, 1.165) is 5.39 Å². The Hall–Kier alpha value is -1.71. The molecule has 12 heavy (non-hydrogen) atoms. The lowest BCUT2D eigenvalue weighted by Gasteiger charge is -1.98. The van der Waals surface area contributed by atoms with Gasteiger partial charge in [-0.3, -0.25) is 0 Å². The van der Waals surface area contributed by atoms with Crippen molar-refractivity contribution in [3.8, 4) is 5.75 Å². The molecule has 0 radical (unpaired) electrons. The molecule has 0 bridgehead atoms. The van der Waals surface area contributed by atoms with E-state index >= 15 is 0 Å². The van der Waals surface area contributed by atoms with Crippen LogP contribution in [-0.2, 0) is 0 Å². The van der Waals surface area contributed by atoms with Gasteiger partial charge >= 0.3 is 0 Å². The molecule has 0 saturated carbocycles. The molecule has 2 rings (SSSR count). The number of hydrogen-bond acceptors (Lipinski definition) is 4. The molecule has 0 saturated heterocycles. The van der Waals surface area contributed by atoms with Gasteiger partial charge in [0.05, 0.1) is 7.11 Å². The lowest BCUT2D eigenvalue weighted by molar-refractivity contribution is 0.419. The van der Waals surface area contributed by atoms with Gasteiger partial charge in [0.1, 0.15) is 11.1 Å². The average molecular weight is 164 g/mol. The fourth-order valence-corrected chi connectivity index (χ4v) is 1.15. The van der Waals surface area contributed by atoms with Crippen molar-refractivity contribution in [1.82, 2.24) is 5.16 Å². The molecule has 2 aromatic rings. The van der Waals surface area contributed by atoms with Crippen LogP contribution in [0.15, 0.2) is 22.7 Å². The first-order chi connectivity index (χ1) is 5.83. The summed E-state index contributed by atoms with van der Waals surface area (Å²) < 4.78 is 10.0. The highest BCUT2D eigenvalue weighted by molar-refractivity contribution is 5.92. The molecular formula is C8H8N2O2. The predicted molar refractivity (Wildman–Crippen MR) is 45.0 cm³/mol. The van der Waals surface area contributed by atoms with Gasteiger partial charge in [0, 0.05) is 0 Å². The third kappa shape index (κ3) is 0.812. The summed E-state index contributed by atoms with van der Waals surface area (Å²) in [5.74, 6) is 1.05. The Balaban J connectivity index is 2.84. The molecular weight excluding hydrogens is 156 g/mol. The Bertz CT molecular complexity index is 408. The first-order valence-corrected chi connectivity index (χ1v) is 3.51. The smallest absolute Gasteiger partial charge is 0.178 e. The van der Waals surface area contributed by atoms with Gasteiger partial charge in [-0.1, -0.05) is 11.2 Å². The van der Waals surface area contributed by atoms with Crippen LogP contribution in [0.3, 0.4) is 0 Å². The van der Waals surface area contributed by atoms with Gasteiger partial charge in [-0.05, 0) is 12.1 Å². The Kier molecular flexibility index (Phi) is 1.40. The van der Waals surface area contributed by atoms with Crippen molar-refractivity contribution in [3.63, 3.8) is 0 Å². The molecule has 0 fully saturated rings. The fourth-order valence-electron chi connectivity index (χ4n) is 1.15. The molecule has 0 aliphatic heterocycles. The number of hydrogen-bond donors (Lipinski definition) is 1. The van der Waals surface area contributed by atoms with Crippen LogP contribution in [0.5, 0.6) is 5.75 Å². The summed E-state index contributed by atoms with van der Waals surface area (Å²) in [7, 11) is 1.58. The van der Waals surface area contributed by atoms with Gasteiger partial charge in [0.2, 0.25) is 0 Å². The first kappa shape index (κ1) is 6.97. The minimum atomic E-state index is 0.363. The van der Waals surface area contributed by atoms with E-state index in [2.05, 4.69) is 5.16 Å². The first-order valence-electron chi connectivity index (χ1n) is 3.51. The number of benzene rings is 1. The molecule has 0 amide bonds. The number of nitrogens with two attached hydrogens (primary N) is 1. The second-order valence-electron chi connectivity index (χ2n) is 2.40. The maximum atomic E-state index is 5.57. The zero-order chi connectivity index (χ0) is 8.55. The second kappa shape index (κ2) is 2.41. The Morgan fingerprint density at radius 1 is 1.50 bits per heavy atom. The highest BCUT2D eigenvalue weighted by atomic mass is 16.5. The summed E-state index contributed by atoms with van der Waals surface area (Å²) in [5.41, 5.74) is 6.21. The van der Waals surface area contributed by atoms with E-state index < -0.39 is 0 Å². The van der Waals surface area contributed by atoms with E-state index in [1.807, 2.05) is 12.1 Å². The highest BCUT2D eigenvalue weighted by Crippen LogP contribution is 2.29. The Labute approximate surface area is 68.9 Å². The summed E-state index contributed by atoms with van der Waals surface area (Å²) in [4.78, 5) is 0. The molecule has 0 aliphatic carbocycles. The average Bonchev–Trinajstić information content (AvgIpc) is 2.48. The Morgan fingerprint density at radius 3 is 3.08 bits per heavy atom. The standard InChI is InChI=1S/C8H8N2O2/c1-11-5-3-2-4-6-7(5)8(9)10-12-6/h2-4H,1H3,(H2,9,10). The number of aromatic nitrogens is 1. The molecule has 0 aliphatic rings. The maximum absolute atomic E-state index is 5.57. The minimum absolute atomic E-state index is 0.363. The van der Waals surface area contributed by atoms with Gasteiger partial charge < -0.3 is 15.0 Å². The van der Waals surface area contributed by atoms with Gasteiger partial charge in [0.15, 0.2) is 11.4 Å².